The van der Waals surface area contributed by atoms with E-state index >= 15 is 0 Å². The summed E-state index contributed by atoms with van der Waals surface area (Å²) in [5.74, 6) is -0.921. The van der Waals surface area contributed by atoms with Gasteiger partial charge in [0.25, 0.3) is 0 Å². The third-order valence-electron chi connectivity index (χ3n) is 2.21. The molecule has 0 fully saturated rings. The van der Waals surface area contributed by atoms with Crippen LogP contribution < -0.4 is 0 Å². The molecule has 0 spiro atoms. The van der Waals surface area contributed by atoms with Gasteiger partial charge in [-0.15, -0.1) is 0 Å². The Kier molecular flexibility index (Phi) is 3.40. The lowest BCUT2D eigenvalue weighted by atomic mass is 9.99. The molecule has 3 nitrogen and oxygen atoms in total. The van der Waals surface area contributed by atoms with Crippen molar-refractivity contribution in [3.05, 3.63) is 34.9 Å². The second-order valence-electron chi connectivity index (χ2n) is 3.10. The molecule has 74 valence electrons. The minimum absolute atomic E-state index is 0.313. The average Bonchev–Trinajstić information content (AvgIpc) is 2.16. The van der Waals surface area contributed by atoms with Crippen LogP contribution in [0, 0.1) is 6.92 Å². The van der Waals surface area contributed by atoms with E-state index in [-0.39, 0.29) is 0 Å². The lowest BCUT2D eigenvalue weighted by molar-refractivity contribution is -0.107. The van der Waals surface area contributed by atoms with Crippen LogP contribution in [-0.2, 0) is 11.2 Å². The van der Waals surface area contributed by atoms with Crippen molar-refractivity contribution in [2.75, 3.05) is 0 Å². The van der Waals surface area contributed by atoms with Gasteiger partial charge in [0.1, 0.15) is 6.29 Å². The Labute approximate surface area is 82.4 Å². The Balaban J connectivity index is 3.01. The quantitative estimate of drug-likeness (QED) is 0.740. The number of carbonyl (C=O) groups is 2. The first kappa shape index (κ1) is 10.4. The average molecular weight is 192 g/mol. The maximum Gasteiger partial charge on any atom is 0.335 e. The van der Waals surface area contributed by atoms with Gasteiger partial charge in [0.15, 0.2) is 0 Å². The summed E-state index contributed by atoms with van der Waals surface area (Å²) in [7, 11) is 0. The van der Waals surface area contributed by atoms with Crippen molar-refractivity contribution in [2.45, 2.75) is 19.8 Å². The molecule has 1 rings (SSSR count). The molecule has 0 bridgehead atoms. The molecule has 1 aromatic carbocycles. The molecule has 0 saturated heterocycles. The van der Waals surface area contributed by atoms with Gasteiger partial charge in [0.2, 0.25) is 0 Å². The zero-order valence-electron chi connectivity index (χ0n) is 7.99. The molecule has 0 aliphatic rings. The van der Waals surface area contributed by atoms with E-state index in [1.165, 1.54) is 0 Å². The van der Waals surface area contributed by atoms with Crippen molar-refractivity contribution in [3.8, 4) is 0 Å². The van der Waals surface area contributed by atoms with Crippen LogP contribution in [0.2, 0.25) is 0 Å². The number of rotatable bonds is 4. The first-order valence-corrected chi connectivity index (χ1v) is 4.42. The molecular formula is C11H12O3. The maximum atomic E-state index is 10.8. The van der Waals surface area contributed by atoms with E-state index in [4.69, 9.17) is 5.11 Å². The van der Waals surface area contributed by atoms with Gasteiger partial charge in [-0.1, -0.05) is 12.1 Å². The van der Waals surface area contributed by atoms with Gasteiger partial charge in [0, 0.05) is 6.42 Å². The van der Waals surface area contributed by atoms with Gasteiger partial charge in [-0.25, -0.2) is 4.79 Å². The fourth-order valence-electron chi connectivity index (χ4n) is 1.40. The summed E-state index contributed by atoms with van der Waals surface area (Å²) >= 11 is 0. The van der Waals surface area contributed by atoms with Crippen LogP contribution in [0.4, 0.5) is 0 Å². The zero-order valence-corrected chi connectivity index (χ0v) is 7.99. The van der Waals surface area contributed by atoms with Crippen molar-refractivity contribution in [3.63, 3.8) is 0 Å². The molecule has 0 aromatic heterocycles. The number of carboxylic acid groups (broad SMARTS) is 1. The van der Waals surface area contributed by atoms with Crippen LogP contribution in [0.5, 0.6) is 0 Å². The summed E-state index contributed by atoms with van der Waals surface area (Å²) in [6, 6.07) is 5.13. The van der Waals surface area contributed by atoms with Gasteiger partial charge >= 0.3 is 5.97 Å². The minimum Gasteiger partial charge on any atom is -0.478 e. The third kappa shape index (κ3) is 2.19. The van der Waals surface area contributed by atoms with Gasteiger partial charge in [-0.3, -0.25) is 0 Å². The summed E-state index contributed by atoms with van der Waals surface area (Å²) in [5.41, 5.74) is 1.99. The zero-order chi connectivity index (χ0) is 10.6. The van der Waals surface area contributed by atoms with Crippen LogP contribution in [-0.4, -0.2) is 17.4 Å². The number of aldehydes is 1. The van der Waals surface area contributed by atoms with Crippen LogP contribution in [0.3, 0.4) is 0 Å². The predicted molar refractivity (Wildman–Crippen MR) is 52.5 cm³/mol. The molecule has 0 amide bonds. The Bertz CT molecular complexity index is 356. The van der Waals surface area contributed by atoms with Gasteiger partial charge in [-0.05, 0) is 30.5 Å². The van der Waals surface area contributed by atoms with E-state index in [0.717, 1.165) is 17.4 Å². The topological polar surface area (TPSA) is 54.4 Å². The Morgan fingerprint density at radius 1 is 1.50 bits per heavy atom. The summed E-state index contributed by atoms with van der Waals surface area (Å²) in [6.07, 6.45) is 1.88. The number of benzene rings is 1. The molecule has 0 saturated carbocycles. The highest BCUT2D eigenvalue weighted by atomic mass is 16.4. The number of carbonyl (C=O) groups excluding carboxylic acids is 1. The van der Waals surface area contributed by atoms with Crippen molar-refractivity contribution in [2.24, 2.45) is 0 Å². The summed E-state index contributed by atoms with van der Waals surface area (Å²) in [6.45, 7) is 1.77. The fourth-order valence-corrected chi connectivity index (χ4v) is 1.40. The second-order valence-corrected chi connectivity index (χ2v) is 3.10. The van der Waals surface area contributed by atoms with E-state index in [1.807, 2.05) is 6.07 Å². The van der Waals surface area contributed by atoms with Crippen LogP contribution in [0.1, 0.15) is 27.9 Å². The van der Waals surface area contributed by atoms with Crippen LogP contribution in [0.15, 0.2) is 18.2 Å². The highest BCUT2D eigenvalue weighted by molar-refractivity contribution is 5.89. The SMILES string of the molecule is Cc1c(CCC=O)cccc1C(=O)O. The molecule has 14 heavy (non-hydrogen) atoms. The van der Waals surface area contributed by atoms with E-state index in [2.05, 4.69) is 0 Å². The lowest BCUT2D eigenvalue weighted by Gasteiger charge is -2.06. The lowest BCUT2D eigenvalue weighted by Crippen LogP contribution is -2.02. The second kappa shape index (κ2) is 4.56. The van der Waals surface area contributed by atoms with Crippen molar-refractivity contribution < 1.29 is 14.7 Å². The normalized spacial score (nSPS) is 9.79. The van der Waals surface area contributed by atoms with Gasteiger partial charge < -0.3 is 9.90 Å². The molecule has 0 heterocycles. The molecule has 0 aliphatic heterocycles. The number of aromatic carboxylic acids is 1. The molecule has 3 heteroatoms. The third-order valence-corrected chi connectivity index (χ3v) is 2.21. The molecule has 0 radical (unpaired) electrons. The number of aryl methyl sites for hydroxylation is 1. The minimum atomic E-state index is -0.921. The van der Waals surface area contributed by atoms with Crippen molar-refractivity contribution in [1.29, 1.82) is 0 Å². The van der Waals surface area contributed by atoms with Crippen molar-refractivity contribution in [1.82, 2.24) is 0 Å². The Morgan fingerprint density at radius 3 is 2.79 bits per heavy atom. The van der Waals surface area contributed by atoms with E-state index in [9.17, 15) is 9.59 Å². The number of hydrogen-bond donors (Lipinski definition) is 1. The Hall–Kier alpha value is -1.64. The summed E-state index contributed by atoms with van der Waals surface area (Å²) < 4.78 is 0. The summed E-state index contributed by atoms with van der Waals surface area (Å²) in [4.78, 5) is 21.0. The first-order chi connectivity index (χ1) is 6.66. The molecule has 0 unspecified atom stereocenters. The largest absolute Gasteiger partial charge is 0.478 e. The van der Waals surface area contributed by atoms with Gasteiger partial charge in [0.05, 0.1) is 5.56 Å². The van der Waals surface area contributed by atoms with Crippen LogP contribution >= 0.6 is 0 Å². The molecule has 0 aliphatic carbocycles. The summed E-state index contributed by atoms with van der Waals surface area (Å²) in [5, 5.41) is 8.85. The van der Waals surface area contributed by atoms with Crippen LogP contribution in [0.25, 0.3) is 0 Å². The van der Waals surface area contributed by atoms with Gasteiger partial charge in [-0.2, -0.15) is 0 Å². The standard InChI is InChI=1S/C11H12O3/c1-8-9(5-3-7-12)4-2-6-10(8)11(13)14/h2,4,6-7H,3,5H2,1H3,(H,13,14). The first-order valence-electron chi connectivity index (χ1n) is 4.42. The number of carboxylic acids is 1. The maximum absolute atomic E-state index is 10.8. The molecule has 1 aromatic rings. The van der Waals surface area contributed by atoms with E-state index in [0.29, 0.717) is 18.4 Å². The van der Waals surface area contributed by atoms with E-state index < -0.39 is 5.97 Å². The number of hydrogen-bond acceptors (Lipinski definition) is 2. The molecular weight excluding hydrogens is 180 g/mol. The highest BCUT2D eigenvalue weighted by Crippen LogP contribution is 2.15. The monoisotopic (exact) mass is 192 g/mol. The van der Waals surface area contributed by atoms with Crippen molar-refractivity contribution >= 4 is 12.3 Å². The Morgan fingerprint density at radius 2 is 2.21 bits per heavy atom. The smallest absolute Gasteiger partial charge is 0.335 e. The van der Waals surface area contributed by atoms with E-state index in [1.54, 1.807) is 19.1 Å². The highest BCUT2D eigenvalue weighted by Gasteiger charge is 2.08. The predicted octanol–water partition coefficient (Wildman–Crippen LogP) is 1.82. The molecule has 1 N–H and O–H groups in total. The molecule has 0 atom stereocenters. The fraction of sp³-hybridized carbons (Fsp3) is 0.273.